The van der Waals surface area contributed by atoms with Crippen molar-refractivity contribution < 1.29 is 0 Å². The Labute approximate surface area is 319 Å². The van der Waals surface area contributed by atoms with Gasteiger partial charge in [-0.05, 0) is 193 Å². The number of hydrogen-bond acceptors (Lipinski definition) is 2. The van der Waals surface area contributed by atoms with Crippen molar-refractivity contribution in [2.24, 2.45) is 64.1 Å². The summed E-state index contributed by atoms with van der Waals surface area (Å²) in [6, 6.07) is 5.19. The molecule has 0 saturated heterocycles. The fourth-order valence-electron chi connectivity index (χ4n) is 15.0. The van der Waals surface area contributed by atoms with E-state index in [9.17, 15) is 0 Å². The molecule has 7 aliphatic carbocycles. The van der Waals surface area contributed by atoms with Crippen LogP contribution in [0.5, 0.6) is 0 Å². The van der Waals surface area contributed by atoms with Crippen LogP contribution in [-0.2, 0) is 0 Å². The Hall–Kier alpha value is -0.0800. The summed E-state index contributed by atoms with van der Waals surface area (Å²) in [5, 5.41) is 0. The van der Waals surface area contributed by atoms with Gasteiger partial charge in [-0.25, -0.2) is 0 Å². The van der Waals surface area contributed by atoms with Crippen molar-refractivity contribution in [3.05, 3.63) is 0 Å². The topological polar surface area (TPSA) is 6.48 Å². The molecule has 0 heterocycles. The third-order valence-electron chi connectivity index (χ3n) is 18.0. The Kier molecular flexibility index (Phi) is 12.4. The molecule has 7 atom stereocenters. The molecule has 7 fully saturated rings. The van der Waals surface area contributed by atoms with E-state index in [-0.39, 0.29) is 0 Å². The highest BCUT2D eigenvalue weighted by atomic mass is 15.3. The summed E-state index contributed by atoms with van der Waals surface area (Å²) in [6.07, 6.45) is 34.5. The summed E-state index contributed by atoms with van der Waals surface area (Å²) >= 11 is 0. The SMILES string of the molecule is CC1CCC(N(C2CCC(C(C)(C)C)CC2)C2C3CCCCC3C(N(C3CCC(C)CC3)C3CCC(C(C)(C)C)CC3)C3CC(C)CCC32)CC1. The summed E-state index contributed by atoms with van der Waals surface area (Å²) in [7, 11) is 0. The van der Waals surface area contributed by atoms with Crippen molar-refractivity contribution in [3.63, 3.8) is 0 Å². The number of rotatable bonds is 6. The van der Waals surface area contributed by atoms with Crippen LogP contribution in [0, 0.1) is 64.1 Å². The van der Waals surface area contributed by atoms with Gasteiger partial charge >= 0.3 is 0 Å². The molecule has 0 radical (unpaired) electrons. The molecule has 0 aromatic carbocycles. The quantitative estimate of drug-likeness (QED) is 0.272. The van der Waals surface area contributed by atoms with Crippen molar-refractivity contribution in [2.45, 2.75) is 246 Å². The molecule has 0 aromatic rings. The Balaban J connectivity index is 1.25. The number of fused-ring (bicyclic) bond motifs is 2. The van der Waals surface area contributed by atoms with Crippen molar-refractivity contribution in [2.75, 3.05) is 0 Å². The molecular formula is C49H88N2. The lowest BCUT2D eigenvalue weighted by atomic mass is 9.52. The van der Waals surface area contributed by atoms with Crippen LogP contribution in [0.25, 0.3) is 0 Å². The maximum atomic E-state index is 3.46. The van der Waals surface area contributed by atoms with E-state index in [4.69, 9.17) is 0 Å². The van der Waals surface area contributed by atoms with Gasteiger partial charge in [-0.1, -0.05) is 81.6 Å². The van der Waals surface area contributed by atoms with Gasteiger partial charge in [0.2, 0.25) is 0 Å². The van der Waals surface area contributed by atoms with Gasteiger partial charge in [0, 0.05) is 36.3 Å². The lowest BCUT2D eigenvalue weighted by Gasteiger charge is -2.65. The maximum Gasteiger partial charge on any atom is 0.0164 e. The molecule has 0 spiro atoms. The average molecular weight is 705 g/mol. The van der Waals surface area contributed by atoms with Gasteiger partial charge in [0.25, 0.3) is 0 Å². The predicted octanol–water partition coefficient (Wildman–Crippen LogP) is 13.6. The molecule has 0 aromatic heterocycles. The molecule has 7 saturated carbocycles. The van der Waals surface area contributed by atoms with Crippen molar-refractivity contribution in [3.8, 4) is 0 Å². The summed E-state index contributed by atoms with van der Waals surface area (Å²) in [6.45, 7) is 23.0. The average Bonchev–Trinajstić information content (AvgIpc) is 3.10. The van der Waals surface area contributed by atoms with Crippen LogP contribution < -0.4 is 0 Å². The van der Waals surface area contributed by atoms with E-state index in [1.807, 2.05) is 0 Å². The summed E-state index contributed by atoms with van der Waals surface area (Å²) in [5.74, 6) is 8.44. The second-order valence-electron chi connectivity index (χ2n) is 23.3. The lowest BCUT2D eigenvalue weighted by molar-refractivity contribution is -0.154. The van der Waals surface area contributed by atoms with Gasteiger partial charge in [0.1, 0.15) is 0 Å². The van der Waals surface area contributed by atoms with Crippen LogP contribution in [-0.4, -0.2) is 46.1 Å². The molecule has 7 rings (SSSR count). The molecule has 7 unspecified atom stereocenters. The van der Waals surface area contributed by atoms with Crippen LogP contribution in [0.15, 0.2) is 0 Å². The minimum absolute atomic E-state index is 0.471. The fraction of sp³-hybridized carbons (Fsp3) is 1.00. The van der Waals surface area contributed by atoms with Gasteiger partial charge in [0.05, 0.1) is 0 Å². The predicted molar refractivity (Wildman–Crippen MR) is 220 cm³/mol. The van der Waals surface area contributed by atoms with E-state index in [0.29, 0.717) is 10.8 Å². The van der Waals surface area contributed by atoms with Crippen LogP contribution in [0.2, 0.25) is 0 Å². The van der Waals surface area contributed by atoms with Crippen LogP contribution in [0.3, 0.4) is 0 Å². The van der Waals surface area contributed by atoms with Crippen molar-refractivity contribution >= 4 is 0 Å². The third kappa shape index (κ3) is 8.53. The van der Waals surface area contributed by atoms with E-state index in [0.717, 1.165) is 89.5 Å². The first-order valence-electron chi connectivity index (χ1n) is 23.8. The summed E-state index contributed by atoms with van der Waals surface area (Å²) in [4.78, 5) is 6.92. The van der Waals surface area contributed by atoms with Crippen molar-refractivity contribution in [1.82, 2.24) is 9.80 Å². The normalized spacial score (nSPS) is 46.1. The Morgan fingerprint density at radius 1 is 0.333 bits per heavy atom. The highest BCUT2D eigenvalue weighted by molar-refractivity contribution is 5.11. The van der Waals surface area contributed by atoms with Crippen molar-refractivity contribution in [1.29, 1.82) is 0 Å². The largest absolute Gasteiger partial charge is 0.294 e. The molecule has 294 valence electrons. The molecule has 0 amide bonds. The standard InChI is InChI=1S/C49H88N2/c1-33-14-23-38(24-15-33)50(40-27-19-36(20-28-40)48(4,5)6)46-42-12-10-11-13-43(42)47(45-32-35(3)18-31-44(45)46)51(39-25-16-34(2)17-26-39)41-29-21-37(22-30-41)49(7,8)9/h33-47H,10-32H2,1-9H3. The Bertz CT molecular complexity index is 1070. The molecule has 0 bridgehead atoms. The second kappa shape index (κ2) is 16.2. The minimum Gasteiger partial charge on any atom is -0.294 e. The zero-order valence-electron chi connectivity index (χ0n) is 35.8. The van der Waals surface area contributed by atoms with Gasteiger partial charge in [-0.15, -0.1) is 0 Å². The zero-order chi connectivity index (χ0) is 36.1. The molecule has 51 heavy (non-hydrogen) atoms. The van der Waals surface area contributed by atoms with E-state index >= 15 is 0 Å². The summed E-state index contributed by atoms with van der Waals surface area (Å²) in [5.41, 5.74) is 0.943. The smallest absolute Gasteiger partial charge is 0.0164 e. The lowest BCUT2D eigenvalue weighted by Crippen LogP contribution is -2.69. The number of hydrogen-bond donors (Lipinski definition) is 0. The molecule has 2 nitrogen and oxygen atoms in total. The van der Waals surface area contributed by atoms with Gasteiger partial charge in [0.15, 0.2) is 0 Å². The van der Waals surface area contributed by atoms with Gasteiger partial charge in [-0.3, -0.25) is 9.80 Å². The first-order chi connectivity index (χ1) is 24.3. The molecule has 0 N–H and O–H groups in total. The third-order valence-corrected chi connectivity index (χ3v) is 18.0. The molecular weight excluding hydrogens is 617 g/mol. The maximum absolute atomic E-state index is 3.46. The van der Waals surface area contributed by atoms with E-state index in [1.54, 1.807) is 19.3 Å². The van der Waals surface area contributed by atoms with Gasteiger partial charge < -0.3 is 0 Å². The van der Waals surface area contributed by atoms with Crippen LogP contribution in [0.4, 0.5) is 0 Å². The minimum atomic E-state index is 0.471. The monoisotopic (exact) mass is 705 g/mol. The molecule has 7 aliphatic rings. The Morgan fingerprint density at radius 2 is 0.647 bits per heavy atom. The van der Waals surface area contributed by atoms with Crippen LogP contribution in [0.1, 0.15) is 210 Å². The second-order valence-corrected chi connectivity index (χ2v) is 23.3. The molecule has 0 aliphatic heterocycles. The first kappa shape index (κ1) is 39.2. The first-order valence-corrected chi connectivity index (χ1v) is 23.8. The number of nitrogens with zero attached hydrogens (tertiary/aromatic N) is 2. The van der Waals surface area contributed by atoms with Crippen LogP contribution >= 0.6 is 0 Å². The van der Waals surface area contributed by atoms with Gasteiger partial charge in [-0.2, -0.15) is 0 Å². The highest BCUT2D eigenvalue weighted by Crippen LogP contribution is 2.58. The highest BCUT2D eigenvalue weighted by Gasteiger charge is 2.58. The summed E-state index contributed by atoms with van der Waals surface area (Å²) < 4.78 is 0. The van der Waals surface area contributed by atoms with E-state index < -0.39 is 0 Å². The Morgan fingerprint density at radius 3 is 1.02 bits per heavy atom. The van der Waals surface area contributed by atoms with E-state index in [1.165, 1.54) is 128 Å². The fourth-order valence-corrected chi connectivity index (χ4v) is 15.0. The molecule has 2 heteroatoms. The zero-order valence-corrected chi connectivity index (χ0v) is 35.8. The van der Waals surface area contributed by atoms with E-state index in [2.05, 4.69) is 72.1 Å².